The Morgan fingerprint density at radius 2 is 1.23 bits per heavy atom. The van der Waals surface area contributed by atoms with Gasteiger partial charge in [-0.1, -0.05) is 104 Å². The van der Waals surface area contributed by atoms with Crippen LogP contribution in [0.3, 0.4) is 0 Å². The lowest BCUT2D eigenvalue weighted by atomic mass is 9.59. The van der Waals surface area contributed by atoms with Gasteiger partial charge in [0.1, 0.15) is 11.4 Å². The molecule has 0 fully saturated rings. The summed E-state index contributed by atoms with van der Waals surface area (Å²) in [6, 6.07) is 28.1. The zero-order valence-corrected chi connectivity index (χ0v) is 25.9. The van der Waals surface area contributed by atoms with Crippen molar-refractivity contribution in [1.29, 1.82) is 0 Å². The number of anilines is 4. The van der Waals surface area contributed by atoms with Crippen LogP contribution in [0.15, 0.2) is 85.1 Å². The van der Waals surface area contributed by atoms with Crippen LogP contribution >= 0.6 is 0 Å². The van der Waals surface area contributed by atoms with Gasteiger partial charge in [0.2, 0.25) is 0 Å². The monoisotopic (exact) mass is 524 g/mol. The number of para-hydroxylation sites is 1. The Morgan fingerprint density at radius 3 is 1.87 bits per heavy atom. The van der Waals surface area contributed by atoms with Crippen LogP contribution in [-0.2, 0) is 7.05 Å². The number of methoxy groups -OCH3 is 1. The van der Waals surface area contributed by atoms with E-state index < -0.39 is 0 Å². The number of hydrogen-bond acceptors (Lipinski definition) is 3. The summed E-state index contributed by atoms with van der Waals surface area (Å²) in [5.41, 5.74) is 8.64. The molecule has 39 heavy (non-hydrogen) atoms. The van der Waals surface area contributed by atoms with Crippen LogP contribution in [0.25, 0.3) is 11.1 Å². The Morgan fingerprint density at radius 1 is 0.641 bits per heavy atom. The lowest BCUT2D eigenvalue weighted by molar-refractivity contribution is -0.658. The quantitative estimate of drug-likeness (QED) is 0.193. The number of rotatable bonds is 2. The van der Waals surface area contributed by atoms with Gasteiger partial charge in [0.25, 0.3) is 5.82 Å². The Bertz CT molecular complexity index is 1340. The van der Waals surface area contributed by atoms with Gasteiger partial charge in [-0.05, 0) is 36.8 Å². The molecule has 0 N–H and O–H groups in total. The van der Waals surface area contributed by atoms with Gasteiger partial charge in [-0.3, -0.25) is 4.81 Å². The van der Waals surface area contributed by atoms with Crippen molar-refractivity contribution in [3.63, 3.8) is 0 Å². The molecule has 2 aliphatic rings. The minimum absolute atomic E-state index is 0.0282. The number of hydrogen-bond donors (Lipinski definition) is 0. The van der Waals surface area contributed by atoms with Crippen LogP contribution < -0.4 is 24.4 Å². The molecule has 3 aromatic carbocycles. The van der Waals surface area contributed by atoms with Gasteiger partial charge in [0.15, 0.2) is 0 Å². The maximum Gasteiger partial charge on any atom is 0.543 e. The second-order valence-corrected chi connectivity index (χ2v) is 8.15. The molecule has 0 saturated heterocycles. The zero-order valence-electron chi connectivity index (χ0n) is 25.9. The molecular formula is C34H47BN3O+. The van der Waals surface area contributed by atoms with Gasteiger partial charge in [-0.2, -0.15) is 0 Å². The fourth-order valence-electron chi connectivity index (χ4n) is 5.18. The number of fused-ring (bicyclic) bond motifs is 8. The molecule has 206 valence electrons. The third-order valence-corrected chi connectivity index (χ3v) is 6.54. The highest BCUT2D eigenvalue weighted by Crippen LogP contribution is 2.52. The summed E-state index contributed by atoms with van der Waals surface area (Å²) in [4.78, 5) is 4.94. The van der Waals surface area contributed by atoms with E-state index in [-0.39, 0.29) is 6.98 Å². The average Bonchev–Trinajstić information content (AvgIpc) is 3.38. The largest absolute Gasteiger partial charge is 0.543 e. The number of aromatic nitrogens is 1. The summed E-state index contributed by atoms with van der Waals surface area (Å²) in [7, 11) is 3.85. The number of benzene rings is 3. The van der Waals surface area contributed by atoms with Crippen molar-refractivity contribution in [2.75, 3.05) is 16.7 Å². The third kappa shape index (κ3) is 5.54. The molecule has 0 unspecified atom stereocenters. The van der Waals surface area contributed by atoms with E-state index in [4.69, 9.17) is 4.74 Å². The van der Waals surface area contributed by atoms with E-state index in [1.54, 1.807) is 7.11 Å². The normalized spacial score (nSPS) is 11.3. The summed E-state index contributed by atoms with van der Waals surface area (Å²) in [5, 5.41) is 0. The lowest BCUT2D eigenvalue weighted by Crippen LogP contribution is -2.57. The SMILES string of the molecule is CC.CC.CC.CC.COc1ccc2c(c1C)N(c1cccc[n+]1C)B1c3ccccc3-c3ccccc3N12. The van der Waals surface area contributed by atoms with E-state index in [0.717, 1.165) is 17.1 Å². The van der Waals surface area contributed by atoms with Crippen molar-refractivity contribution in [2.24, 2.45) is 7.05 Å². The predicted molar refractivity (Wildman–Crippen MR) is 172 cm³/mol. The number of nitrogens with zero attached hydrogens (tertiary/aromatic N) is 3. The zero-order chi connectivity index (χ0) is 29.1. The molecule has 2 aliphatic heterocycles. The standard InChI is InChI=1S/C26H23BN3O.4C2H6/c1-18-24(31-3)16-15-23-26(18)30(25-14-8-9-17-28(25)2)27-21-12-6-4-10-19(21)20-11-5-7-13-22(20)29(23)27;4*1-2/h4-17H,1-3H3;4*1-2H3/q+1;;;;. The van der Waals surface area contributed by atoms with Gasteiger partial charge in [-0.15, -0.1) is 0 Å². The van der Waals surface area contributed by atoms with Crippen LogP contribution in [0.5, 0.6) is 5.75 Å². The fraction of sp³-hybridized carbons (Fsp3) is 0.324. The van der Waals surface area contributed by atoms with Crippen LogP contribution in [0, 0.1) is 6.92 Å². The highest BCUT2D eigenvalue weighted by Gasteiger charge is 2.55. The second-order valence-electron chi connectivity index (χ2n) is 8.15. The molecule has 4 nitrogen and oxygen atoms in total. The number of aryl methyl sites for hydroxylation is 1. The maximum absolute atomic E-state index is 5.73. The molecule has 1 aromatic heterocycles. The summed E-state index contributed by atoms with van der Waals surface area (Å²) >= 11 is 0. The van der Waals surface area contributed by atoms with E-state index in [1.165, 1.54) is 33.7 Å². The van der Waals surface area contributed by atoms with E-state index in [0.29, 0.717) is 0 Å². The van der Waals surface area contributed by atoms with Crippen molar-refractivity contribution >= 4 is 35.3 Å². The van der Waals surface area contributed by atoms with Crippen LogP contribution in [0.2, 0.25) is 0 Å². The molecule has 6 rings (SSSR count). The van der Waals surface area contributed by atoms with E-state index >= 15 is 0 Å². The second kappa shape index (κ2) is 15.0. The molecular weight excluding hydrogens is 477 g/mol. The van der Waals surface area contributed by atoms with Gasteiger partial charge < -0.3 is 9.55 Å². The predicted octanol–water partition coefficient (Wildman–Crippen LogP) is 8.60. The first-order valence-corrected chi connectivity index (χ1v) is 14.6. The summed E-state index contributed by atoms with van der Waals surface area (Å²) < 4.78 is 7.91. The topological polar surface area (TPSA) is 19.6 Å². The average molecular weight is 525 g/mol. The van der Waals surface area contributed by atoms with Crippen molar-refractivity contribution in [3.05, 3.63) is 90.6 Å². The number of pyridine rings is 1. The summed E-state index contributed by atoms with van der Waals surface area (Å²) in [6.07, 6.45) is 2.11. The van der Waals surface area contributed by atoms with E-state index in [1.807, 2.05) is 55.4 Å². The summed E-state index contributed by atoms with van der Waals surface area (Å²) in [5.74, 6) is 2.05. The first-order valence-electron chi connectivity index (χ1n) is 14.6. The van der Waals surface area contributed by atoms with Crippen LogP contribution in [0.4, 0.5) is 22.9 Å². The Hall–Kier alpha value is -3.73. The van der Waals surface area contributed by atoms with E-state index in [2.05, 4.69) is 113 Å². The van der Waals surface area contributed by atoms with E-state index in [9.17, 15) is 0 Å². The fourth-order valence-corrected chi connectivity index (χ4v) is 5.18. The molecule has 0 atom stereocenters. The highest BCUT2D eigenvalue weighted by molar-refractivity contribution is 6.86. The van der Waals surface area contributed by atoms with Crippen LogP contribution in [0.1, 0.15) is 61.0 Å². The molecule has 5 heteroatoms. The minimum Gasteiger partial charge on any atom is -0.496 e. The van der Waals surface area contributed by atoms with Crippen molar-refractivity contribution in [1.82, 2.24) is 0 Å². The highest BCUT2D eigenvalue weighted by atomic mass is 16.5. The van der Waals surface area contributed by atoms with Gasteiger partial charge in [-0.25, -0.2) is 4.57 Å². The smallest absolute Gasteiger partial charge is 0.496 e. The molecule has 0 saturated carbocycles. The van der Waals surface area contributed by atoms with Crippen molar-refractivity contribution in [2.45, 2.75) is 62.3 Å². The van der Waals surface area contributed by atoms with Gasteiger partial charge >= 0.3 is 6.98 Å². The minimum atomic E-state index is 0.0282. The maximum atomic E-state index is 5.73. The number of ether oxygens (including phenoxy) is 1. The molecule has 0 spiro atoms. The Labute approximate surface area is 238 Å². The Kier molecular flexibility index (Phi) is 12.1. The van der Waals surface area contributed by atoms with Crippen molar-refractivity contribution in [3.8, 4) is 16.9 Å². The van der Waals surface area contributed by atoms with Gasteiger partial charge in [0.05, 0.1) is 26.0 Å². The third-order valence-electron chi connectivity index (χ3n) is 6.54. The molecule has 3 heterocycles. The first kappa shape index (κ1) is 31.5. The summed E-state index contributed by atoms with van der Waals surface area (Å²) in [6.45, 7) is 18.2. The lowest BCUT2D eigenvalue weighted by Gasteiger charge is -2.32. The molecule has 0 amide bonds. The Balaban J connectivity index is 0.000000614. The molecule has 0 radical (unpaired) electrons. The van der Waals surface area contributed by atoms with Crippen molar-refractivity contribution < 1.29 is 9.30 Å². The van der Waals surface area contributed by atoms with Crippen LogP contribution in [-0.4, -0.2) is 14.1 Å². The molecule has 0 bridgehead atoms. The first-order chi connectivity index (χ1) is 19.2. The molecule has 0 aliphatic carbocycles. The molecule has 4 aromatic rings. The van der Waals surface area contributed by atoms with Gasteiger partial charge in [0, 0.05) is 28.3 Å².